The Morgan fingerprint density at radius 1 is 1.07 bits per heavy atom. The Balaban J connectivity index is 1.31. The lowest BCUT2D eigenvalue weighted by Crippen LogP contribution is -3.13. The first-order valence-electron chi connectivity index (χ1n) is 10.1. The fraction of sp³-hybridized carbons (Fsp3) is 0.217. The predicted molar refractivity (Wildman–Crippen MR) is 120 cm³/mol. The second-order valence-electron chi connectivity index (χ2n) is 7.64. The Morgan fingerprint density at radius 2 is 1.80 bits per heavy atom. The van der Waals surface area contributed by atoms with Crippen LogP contribution in [0.3, 0.4) is 0 Å². The summed E-state index contributed by atoms with van der Waals surface area (Å²) < 4.78 is 0. The minimum absolute atomic E-state index is 0.0581. The van der Waals surface area contributed by atoms with Crippen LogP contribution in [0.25, 0.3) is 21.3 Å². The van der Waals surface area contributed by atoms with Crippen molar-refractivity contribution < 1.29 is 10.0 Å². The molecule has 7 heteroatoms. The molecule has 2 aromatic carbocycles. The van der Waals surface area contributed by atoms with Crippen molar-refractivity contribution in [2.45, 2.75) is 6.54 Å². The van der Waals surface area contributed by atoms with E-state index in [9.17, 15) is 9.90 Å². The molecule has 2 aromatic heterocycles. The fourth-order valence-corrected chi connectivity index (χ4v) is 5.03. The van der Waals surface area contributed by atoms with Crippen LogP contribution in [-0.4, -0.2) is 41.3 Å². The van der Waals surface area contributed by atoms with E-state index >= 15 is 0 Å². The van der Waals surface area contributed by atoms with Crippen molar-refractivity contribution in [2.75, 3.05) is 31.1 Å². The maximum Gasteiger partial charge on any atom is 0.260 e. The molecule has 5 rings (SSSR count). The monoisotopic (exact) mass is 419 g/mol. The van der Waals surface area contributed by atoms with Gasteiger partial charge in [0.1, 0.15) is 17.1 Å². The van der Waals surface area contributed by atoms with Crippen molar-refractivity contribution in [2.24, 2.45) is 0 Å². The quantitative estimate of drug-likeness (QED) is 0.474. The Hall–Kier alpha value is -3.16. The number of aromatic hydroxyl groups is 1. The topological polar surface area (TPSA) is 73.7 Å². The van der Waals surface area contributed by atoms with Crippen molar-refractivity contribution in [3.8, 4) is 16.9 Å². The van der Waals surface area contributed by atoms with Crippen molar-refractivity contribution in [1.29, 1.82) is 0 Å². The Labute approximate surface area is 178 Å². The minimum Gasteiger partial charge on any atom is -0.508 e. The summed E-state index contributed by atoms with van der Waals surface area (Å²) in [5, 5.41) is 12.2. The summed E-state index contributed by atoms with van der Waals surface area (Å²) in [5.74, 6) is 1.04. The maximum absolute atomic E-state index is 12.8. The molecule has 152 valence electrons. The molecule has 0 spiro atoms. The molecule has 0 saturated carbocycles. The highest BCUT2D eigenvalue weighted by atomic mass is 32.1. The number of quaternary nitrogens is 1. The molecule has 1 aliphatic rings. The van der Waals surface area contributed by atoms with Crippen LogP contribution in [0, 0.1) is 0 Å². The molecule has 0 atom stereocenters. The molecule has 6 nitrogen and oxygen atoms in total. The maximum atomic E-state index is 12.8. The lowest BCUT2D eigenvalue weighted by Gasteiger charge is -2.33. The lowest BCUT2D eigenvalue weighted by atomic mass is 10.1. The van der Waals surface area contributed by atoms with Gasteiger partial charge in [-0.2, -0.15) is 0 Å². The van der Waals surface area contributed by atoms with E-state index in [4.69, 9.17) is 4.98 Å². The molecule has 0 radical (unpaired) electrons. The molecular formula is C23H23N4O2S+. The number of hydrogen-bond acceptors (Lipinski definition) is 5. The van der Waals surface area contributed by atoms with Gasteiger partial charge in [-0.15, -0.1) is 11.3 Å². The van der Waals surface area contributed by atoms with Crippen molar-refractivity contribution >= 4 is 27.2 Å². The molecule has 0 amide bonds. The number of phenolic OH excluding ortho intramolecular Hbond substituents is 1. The summed E-state index contributed by atoms with van der Waals surface area (Å²) in [6, 6.07) is 17.3. The van der Waals surface area contributed by atoms with E-state index in [2.05, 4.69) is 9.88 Å². The molecule has 1 saturated heterocycles. The van der Waals surface area contributed by atoms with Gasteiger partial charge in [0.2, 0.25) is 0 Å². The number of rotatable bonds is 4. The number of hydrogen-bond donors (Lipinski definition) is 3. The van der Waals surface area contributed by atoms with E-state index in [1.807, 2.05) is 47.8 Å². The summed E-state index contributed by atoms with van der Waals surface area (Å²) in [6.07, 6.45) is 0. The van der Waals surface area contributed by atoms with Crippen LogP contribution >= 0.6 is 11.3 Å². The SMILES string of the molecule is O=c1[nH]c(C[NH+]2CCN(c3ccc(O)cc3)CC2)nc2scc(-c3ccccc3)c12. The summed E-state index contributed by atoms with van der Waals surface area (Å²) in [5.41, 5.74) is 3.06. The van der Waals surface area contributed by atoms with E-state index in [-0.39, 0.29) is 11.3 Å². The first-order chi connectivity index (χ1) is 14.7. The average Bonchev–Trinajstić information content (AvgIpc) is 3.20. The highest BCUT2D eigenvalue weighted by Crippen LogP contribution is 2.30. The molecule has 1 fully saturated rings. The van der Waals surface area contributed by atoms with Crippen LogP contribution in [0.1, 0.15) is 5.82 Å². The molecule has 1 aliphatic heterocycles. The third-order valence-corrected chi connectivity index (χ3v) is 6.55. The molecule has 4 aromatic rings. The van der Waals surface area contributed by atoms with Crippen LogP contribution in [0.15, 0.2) is 64.8 Å². The number of aromatic amines is 1. The van der Waals surface area contributed by atoms with E-state index in [0.717, 1.165) is 53.6 Å². The van der Waals surface area contributed by atoms with Crippen LogP contribution in [-0.2, 0) is 6.54 Å². The van der Waals surface area contributed by atoms with E-state index in [1.54, 1.807) is 12.1 Å². The Bertz CT molecular complexity index is 1210. The van der Waals surface area contributed by atoms with Gasteiger partial charge in [0, 0.05) is 16.6 Å². The minimum atomic E-state index is -0.0581. The molecule has 0 aliphatic carbocycles. The fourth-order valence-electron chi connectivity index (χ4n) is 4.07. The van der Waals surface area contributed by atoms with Gasteiger partial charge < -0.3 is 19.9 Å². The second-order valence-corrected chi connectivity index (χ2v) is 8.50. The van der Waals surface area contributed by atoms with E-state index < -0.39 is 0 Å². The zero-order valence-corrected chi connectivity index (χ0v) is 17.3. The van der Waals surface area contributed by atoms with Crippen molar-refractivity contribution in [3.05, 3.63) is 76.2 Å². The third-order valence-electron chi connectivity index (χ3n) is 5.68. The average molecular weight is 420 g/mol. The van der Waals surface area contributed by atoms with Gasteiger partial charge in [-0.05, 0) is 29.8 Å². The first kappa shape index (κ1) is 18.8. The van der Waals surface area contributed by atoms with Crippen molar-refractivity contribution in [1.82, 2.24) is 9.97 Å². The van der Waals surface area contributed by atoms with Gasteiger partial charge in [0.15, 0.2) is 5.82 Å². The number of nitrogens with zero attached hydrogens (tertiary/aromatic N) is 2. The number of fused-ring (bicyclic) bond motifs is 1. The number of benzene rings is 2. The molecule has 3 N–H and O–H groups in total. The number of thiophene rings is 1. The molecule has 0 bridgehead atoms. The first-order valence-corrected chi connectivity index (χ1v) is 11.0. The highest BCUT2D eigenvalue weighted by molar-refractivity contribution is 7.17. The van der Waals surface area contributed by atoms with Gasteiger partial charge in [-0.25, -0.2) is 4.98 Å². The largest absolute Gasteiger partial charge is 0.508 e. The van der Waals surface area contributed by atoms with E-state index in [0.29, 0.717) is 11.9 Å². The molecular weight excluding hydrogens is 396 g/mol. The molecule has 30 heavy (non-hydrogen) atoms. The summed E-state index contributed by atoms with van der Waals surface area (Å²) in [6.45, 7) is 4.53. The number of piperazine rings is 1. The Morgan fingerprint density at radius 3 is 2.53 bits per heavy atom. The van der Waals surface area contributed by atoms with Gasteiger partial charge in [0.25, 0.3) is 5.56 Å². The van der Waals surface area contributed by atoms with E-state index in [1.165, 1.54) is 16.2 Å². The van der Waals surface area contributed by atoms with Gasteiger partial charge in [-0.3, -0.25) is 4.79 Å². The van der Waals surface area contributed by atoms with Gasteiger partial charge in [0.05, 0.1) is 31.6 Å². The Kier molecular flexibility index (Phi) is 4.98. The smallest absolute Gasteiger partial charge is 0.260 e. The van der Waals surface area contributed by atoms with Crippen LogP contribution in [0.4, 0.5) is 5.69 Å². The normalized spacial score (nSPS) is 15.0. The summed E-state index contributed by atoms with van der Waals surface area (Å²) >= 11 is 1.53. The van der Waals surface area contributed by atoms with Crippen molar-refractivity contribution in [3.63, 3.8) is 0 Å². The summed E-state index contributed by atoms with van der Waals surface area (Å²) in [7, 11) is 0. The number of aromatic nitrogens is 2. The lowest BCUT2D eigenvalue weighted by molar-refractivity contribution is -0.915. The highest BCUT2D eigenvalue weighted by Gasteiger charge is 2.22. The second kappa shape index (κ2) is 7.93. The van der Waals surface area contributed by atoms with Crippen LogP contribution < -0.4 is 15.4 Å². The van der Waals surface area contributed by atoms with Crippen LogP contribution in [0.2, 0.25) is 0 Å². The number of nitrogens with one attached hydrogen (secondary N) is 2. The molecule has 0 unspecified atom stereocenters. The predicted octanol–water partition coefficient (Wildman–Crippen LogP) is 2.26. The molecule has 3 heterocycles. The number of anilines is 1. The zero-order valence-electron chi connectivity index (χ0n) is 16.5. The van der Waals surface area contributed by atoms with Gasteiger partial charge in [-0.1, -0.05) is 30.3 Å². The third kappa shape index (κ3) is 3.69. The zero-order chi connectivity index (χ0) is 20.5. The standard InChI is InChI=1S/C23H22N4O2S/c28-18-8-6-17(7-9-18)27-12-10-26(11-13-27)14-20-24-22(29)21-19(15-30-23(21)25-20)16-4-2-1-3-5-16/h1-9,15,28H,10-14H2,(H,24,25,29)/p+1. The number of phenols is 1. The van der Waals surface area contributed by atoms with Crippen LogP contribution in [0.5, 0.6) is 5.75 Å². The van der Waals surface area contributed by atoms with Gasteiger partial charge >= 0.3 is 0 Å². The summed E-state index contributed by atoms with van der Waals surface area (Å²) in [4.78, 5) is 25.2. The number of H-pyrrole nitrogens is 1.